The van der Waals surface area contributed by atoms with Crippen molar-refractivity contribution in [1.29, 1.82) is 0 Å². The Hall–Kier alpha value is -2.53. The van der Waals surface area contributed by atoms with Crippen molar-refractivity contribution in [3.8, 4) is 11.5 Å². The summed E-state index contributed by atoms with van der Waals surface area (Å²) in [6.45, 7) is 4.46. The van der Waals surface area contributed by atoms with E-state index >= 15 is 0 Å². The Kier molecular flexibility index (Phi) is 9.82. The summed E-state index contributed by atoms with van der Waals surface area (Å²) in [7, 11) is 1.35. The molecule has 186 valence electrons. The molecule has 3 unspecified atom stereocenters. The van der Waals surface area contributed by atoms with Gasteiger partial charge >= 0.3 is 5.97 Å². The highest BCUT2D eigenvalue weighted by Gasteiger charge is 2.29. The maximum absolute atomic E-state index is 11.3. The first-order valence-electron chi connectivity index (χ1n) is 12.7. The molecule has 5 nitrogen and oxygen atoms in total. The van der Waals surface area contributed by atoms with Crippen LogP contribution in [0.4, 0.5) is 0 Å². The van der Waals surface area contributed by atoms with E-state index in [1.807, 2.05) is 12.1 Å². The van der Waals surface area contributed by atoms with E-state index in [0.717, 1.165) is 44.9 Å². The minimum atomic E-state index is -0.396. The third kappa shape index (κ3) is 7.49. The van der Waals surface area contributed by atoms with Crippen LogP contribution in [-0.2, 0) is 9.53 Å². The number of hydrogen-bond donors (Lipinski definition) is 2. The number of ether oxygens (including phenoxy) is 2. The largest absolute Gasteiger partial charge is 0.508 e. The van der Waals surface area contributed by atoms with Crippen molar-refractivity contribution in [3.05, 3.63) is 59.7 Å². The summed E-state index contributed by atoms with van der Waals surface area (Å²) in [6.07, 6.45) is 7.23. The molecule has 0 amide bonds. The van der Waals surface area contributed by atoms with Gasteiger partial charge in [0.25, 0.3) is 0 Å². The van der Waals surface area contributed by atoms with Gasteiger partial charge in [0.15, 0.2) is 6.61 Å². The molecule has 3 atom stereocenters. The van der Waals surface area contributed by atoms with Crippen molar-refractivity contribution >= 4 is 5.97 Å². The van der Waals surface area contributed by atoms with Crippen molar-refractivity contribution in [2.45, 2.75) is 76.7 Å². The number of rotatable bonds is 11. The Balaban J connectivity index is 1.70. The van der Waals surface area contributed by atoms with Crippen molar-refractivity contribution in [2.24, 2.45) is 11.8 Å². The smallest absolute Gasteiger partial charge is 0.343 e. The molecule has 2 N–H and O–H groups in total. The molecule has 2 aromatic rings. The second-order valence-corrected chi connectivity index (χ2v) is 9.83. The number of methoxy groups -OCH3 is 1. The first kappa shape index (κ1) is 26.1. The lowest BCUT2D eigenvalue weighted by Crippen LogP contribution is -2.25. The Morgan fingerprint density at radius 1 is 0.971 bits per heavy atom. The predicted molar refractivity (Wildman–Crippen MR) is 134 cm³/mol. The number of phenolic OH excluding ortho intramolecular Hbond substituents is 1. The predicted octanol–water partition coefficient (Wildman–Crippen LogP) is 6.19. The minimum Gasteiger partial charge on any atom is -0.508 e. The summed E-state index contributed by atoms with van der Waals surface area (Å²) in [5, 5.41) is 19.8. The summed E-state index contributed by atoms with van der Waals surface area (Å²) >= 11 is 0. The Morgan fingerprint density at radius 2 is 1.59 bits per heavy atom. The summed E-state index contributed by atoms with van der Waals surface area (Å²) in [5.74, 6) is 2.60. The van der Waals surface area contributed by atoms with Crippen LogP contribution in [-0.4, -0.2) is 36.0 Å². The number of aliphatic hydroxyl groups is 1. The minimum absolute atomic E-state index is 0.0923. The first-order chi connectivity index (χ1) is 16.4. The molecule has 0 aromatic heterocycles. The quantitative estimate of drug-likeness (QED) is 0.385. The van der Waals surface area contributed by atoms with E-state index in [1.54, 1.807) is 12.1 Å². The highest BCUT2D eigenvalue weighted by atomic mass is 16.6. The van der Waals surface area contributed by atoms with E-state index in [-0.39, 0.29) is 12.7 Å². The van der Waals surface area contributed by atoms with Crippen LogP contribution >= 0.6 is 0 Å². The Morgan fingerprint density at radius 3 is 2.18 bits per heavy atom. The lowest BCUT2D eigenvalue weighted by atomic mass is 9.72. The zero-order valence-electron chi connectivity index (χ0n) is 20.8. The lowest BCUT2D eigenvalue weighted by molar-refractivity contribution is -0.142. The van der Waals surface area contributed by atoms with Gasteiger partial charge in [-0.05, 0) is 97.6 Å². The fourth-order valence-electron chi connectivity index (χ4n) is 5.40. The van der Waals surface area contributed by atoms with Crippen LogP contribution in [0.1, 0.15) is 81.8 Å². The molecule has 3 rings (SSSR count). The monoisotopic (exact) mass is 468 g/mol. The van der Waals surface area contributed by atoms with E-state index < -0.39 is 5.97 Å². The van der Waals surface area contributed by atoms with Gasteiger partial charge in [-0.25, -0.2) is 4.79 Å². The second-order valence-electron chi connectivity index (χ2n) is 9.83. The zero-order chi connectivity index (χ0) is 24.5. The number of phenols is 1. The maximum Gasteiger partial charge on any atom is 0.343 e. The third-order valence-electron chi connectivity index (χ3n) is 7.56. The van der Waals surface area contributed by atoms with Gasteiger partial charge in [0, 0.05) is 0 Å². The fourth-order valence-corrected chi connectivity index (χ4v) is 5.40. The topological polar surface area (TPSA) is 76.0 Å². The van der Waals surface area contributed by atoms with Crippen LogP contribution in [0.5, 0.6) is 11.5 Å². The highest BCUT2D eigenvalue weighted by molar-refractivity contribution is 5.70. The second kappa shape index (κ2) is 12.8. The molecular formula is C29H40O5. The fraction of sp³-hybridized carbons (Fsp3) is 0.552. The van der Waals surface area contributed by atoms with E-state index in [0.29, 0.717) is 35.2 Å². The molecule has 1 fully saturated rings. The van der Waals surface area contributed by atoms with Crippen LogP contribution in [0.15, 0.2) is 48.5 Å². The van der Waals surface area contributed by atoms with E-state index in [9.17, 15) is 15.0 Å². The average Bonchev–Trinajstić information content (AvgIpc) is 2.86. The number of esters is 1. The van der Waals surface area contributed by atoms with Gasteiger partial charge in [0.2, 0.25) is 0 Å². The van der Waals surface area contributed by atoms with E-state index in [4.69, 9.17) is 4.74 Å². The number of hydrogen-bond acceptors (Lipinski definition) is 5. The van der Waals surface area contributed by atoms with Gasteiger partial charge in [0.1, 0.15) is 11.5 Å². The van der Waals surface area contributed by atoms with E-state index in [1.165, 1.54) is 18.2 Å². The third-order valence-corrected chi connectivity index (χ3v) is 7.56. The molecule has 0 spiro atoms. The van der Waals surface area contributed by atoms with Crippen LogP contribution in [0.2, 0.25) is 0 Å². The van der Waals surface area contributed by atoms with Crippen molar-refractivity contribution in [2.75, 3.05) is 13.7 Å². The van der Waals surface area contributed by atoms with Gasteiger partial charge in [0.05, 0.1) is 13.2 Å². The van der Waals surface area contributed by atoms with Crippen LogP contribution in [0.3, 0.4) is 0 Å². The zero-order valence-corrected chi connectivity index (χ0v) is 20.8. The normalized spacial score (nSPS) is 20.8. The number of aromatic hydroxyl groups is 1. The van der Waals surface area contributed by atoms with Gasteiger partial charge in [-0.15, -0.1) is 0 Å². The molecule has 2 aromatic carbocycles. The van der Waals surface area contributed by atoms with Gasteiger partial charge in [-0.3, -0.25) is 0 Å². The van der Waals surface area contributed by atoms with Gasteiger partial charge < -0.3 is 19.7 Å². The molecule has 34 heavy (non-hydrogen) atoms. The highest BCUT2D eigenvalue weighted by Crippen LogP contribution is 2.41. The molecule has 0 heterocycles. The average molecular weight is 469 g/mol. The van der Waals surface area contributed by atoms with Crippen LogP contribution in [0, 0.1) is 11.8 Å². The summed E-state index contributed by atoms with van der Waals surface area (Å²) in [5.41, 5.74) is 2.51. The number of carbonyl (C=O) groups is 1. The summed E-state index contributed by atoms with van der Waals surface area (Å²) in [6, 6.07) is 15.7. The molecule has 1 saturated carbocycles. The summed E-state index contributed by atoms with van der Waals surface area (Å²) in [4.78, 5) is 11.3. The van der Waals surface area contributed by atoms with Crippen molar-refractivity contribution in [1.82, 2.24) is 0 Å². The molecule has 0 aliphatic heterocycles. The number of aliphatic hydroxyl groups excluding tert-OH is 1. The standard InChI is InChI=1S/C29H40O5/c1-4-21(23-5-11-26(30)12-6-23)18-25(24-7-13-27(31)14-8-24)17-20(2)22-9-15-28(16-10-22)34-19-29(32)33-3/h7-10,13-16,20-21,23,25-26,30-31H,4-6,11-12,17-19H2,1-3H3. The SMILES string of the molecule is CCC(CC(CC(C)c1ccc(OCC(=O)OC)cc1)c1ccc(O)cc1)C1CCC(O)CC1. The molecule has 0 bridgehead atoms. The van der Waals surface area contributed by atoms with E-state index in [2.05, 4.69) is 42.8 Å². The Labute approximate surface area is 204 Å². The van der Waals surface area contributed by atoms with Crippen molar-refractivity contribution in [3.63, 3.8) is 0 Å². The summed E-state index contributed by atoms with van der Waals surface area (Å²) < 4.78 is 10.1. The first-order valence-corrected chi connectivity index (χ1v) is 12.7. The molecule has 1 aliphatic rings. The van der Waals surface area contributed by atoms with Gasteiger partial charge in [-0.1, -0.05) is 44.5 Å². The Bertz CT molecular complexity index is 868. The van der Waals surface area contributed by atoms with Crippen LogP contribution < -0.4 is 4.74 Å². The van der Waals surface area contributed by atoms with Crippen molar-refractivity contribution < 1.29 is 24.5 Å². The molecule has 0 radical (unpaired) electrons. The maximum atomic E-state index is 11.3. The molecule has 5 heteroatoms. The van der Waals surface area contributed by atoms with Crippen LogP contribution in [0.25, 0.3) is 0 Å². The molecular weight excluding hydrogens is 428 g/mol. The number of carbonyl (C=O) groups excluding carboxylic acids is 1. The van der Waals surface area contributed by atoms with Gasteiger partial charge in [-0.2, -0.15) is 0 Å². The number of benzene rings is 2. The lowest BCUT2D eigenvalue weighted by Gasteiger charge is -2.34. The molecule has 0 saturated heterocycles. The molecule has 1 aliphatic carbocycles.